The second-order valence-electron chi connectivity index (χ2n) is 9.22. The summed E-state index contributed by atoms with van der Waals surface area (Å²) < 4.78 is 38.9. The number of aliphatic hydroxyl groups is 1. The topological polar surface area (TPSA) is 52.8 Å². The van der Waals surface area contributed by atoms with Crippen molar-refractivity contribution in [2.45, 2.75) is 64.7 Å². The van der Waals surface area contributed by atoms with E-state index >= 15 is 0 Å². The van der Waals surface area contributed by atoms with Gasteiger partial charge in [0.2, 0.25) is 0 Å². The third-order valence-electron chi connectivity index (χ3n) is 4.70. The van der Waals surface area contributed by atoms with Crippen LogP contribution >= 0.6 is 0 Å². The van der Waals surface area contributed by atoms with E-state index in [-0.39, 0.29) is 27.8 Å². The van der Waals surface area contributed by atoms with Crippen molar-refractivity contribution in [2.24, 2.45) is 4.99 Å². The Balaban J connectivity index is 2.60. The minimum atomic E-state index is -4.79. The van der Waals surface area contributed by atoms with Crippen molar-refractivity contribution in [1.82, 2.24) is 0 Å². The van der Waals surface area contributed by atoms with Crippen LogP contribution in [0.5, 0.6) is 5.75 Å². The maximum absolute atomic E-state index is 13.0. The molecule has 0 aliphatic heterocycles. The highest BCUT2D eigenvalue weighted by atomic mass is 19.4. The van der Waals surface area contributed by atoms with Gasteiger partial charge in [0.25, 0.3) is 0 Å². The van der Waals surface area contributed by atoms with E-state index in [1.165, 1.54) is 24.4 Å². The predicted molar refractivity (Wildman–Crippen MR) is 110 cm³/mol. The van der Waals surface area contributed by atoms with E-state index in [0.717, 1.165) is 11.1 Å². The van der Waals surface area contributed by atoms with E-state index in [0.29, 0.717) is 5.56 Å². The SMILES string of the molecule is CC(C)(C)c1cc(C=Nc2ccccc2[C@H](O)C(F)(F)F)c(O)c(C(C)(C)C)c1. The van der Waals surface area contributed by atoms with Gasteiger partial charge in [-0.3, -0.25) is 4.99 Å². The fraction of sp³-hybridized carbons (Fsp3) is 0.435. The highest BCUT2D eigenvalue weighted by Crippen LogP contribution is 2.39. The quantitative estimate of drug-likeness (QED) is 0.584. The fourth-order valence-corrected chi connectivity index (χ4v) is 2.91. The van der Waals surface area contributed by atoms with Crippen molar-refractivity contribution in [1.29, 1.82) is 0 Å². The standard InChI is InChI=1S/C23H28F3NO2/c1-21(2,3)15-11-14(19(28)17(12-15)22(4,5)6)13-27-18-10-8-7-9-16(18)20(29)23(24,25)26/h7-13,20,28-29H,1-6H3/t20-/m0/s1. The maximum Gasteiger partial charge on any atom is 0.418 e. The Morgan fingerprint density at radius 3 is 2.03 bits per heavy atom. The smallest absolute Gasteiger partial charge is 0.418 e. The molecule has 0 heterocycles. The molecule has 1 atom stereocenters. The number of para-hydroxylation sites is 1. The zero-order chi connectivity index (χ0) is 22.2. The molecule has 0 radical (unpaired) electrons. The van der Waals surface area contributed by atoms with Gasteiger partial charge in [0.05, 0.1) is 5.69 Å². The minimum absolute atomic E-state index is 0.00445. The van der Waals surface area contributed by atoms with Gasteiger partial charge in [-0.25, -0.2) is 0 Å². The molecule has 0 aliphatic carbocycles. The lowest BCUT2D eigenvalue weighted by Crippen LogP contribution is -2.20. The van der Waals surface area contributed by atoms with Crippen LogP contribution in [0, 0.1) is 0 Å². The molecule has 0 amide bonds. The second-order valence-corrected chi connectivity index (χ2v) is 9.22. The Hall–Kier alpha value is -2.34. The van der Waals surface area contributed by atoms with Gasteiger partial charge in [-0.2, -0.15) is 13.2 Å². The van der Waals surface area contributed by atoms with Gasteiger partial charge in [0.1, 0.15) is 5.75 Å². The normalized spacial score (nSPS) is 14.4. The molecule has 0 fully saturated rings. The van der Waals surface area contributed by atoms with E-state index in [4.69, 9.17) is 0 Å². The van der Waals surface area contributed by atoms with Crippen molar-refractivity contribution in [3.8, 4) is 5.75 Å². The summed E-state index contributed by atoms with van der Waals surface area (Å²) in [5, 5.41) is 20.4. The molecule has 0 unspecified atom stereocenters. The average molecular weight is 407 g/mol. The minimum Gasteiger partial charge on any atom is -0.507 e. The summed E-state index contributed by atoms with van der Waals surface area (Å²) in [5.74, 6) is 0.0445. The Morgan fingerprint density at radius 2 is 1.52 bits per heavy atom. The predicted octanol–water partition coefficient (Wildman–Crippen LogP) is 6.33. The van der Waals surface area contributed by atoms with Gasteiger partial charge in [-0.15, -0.1) is 0 Å². The molecule has 29 heavy (non-hydrogen) atoms. The summed E-state index contributed by atoms with van der Waals surface area (Å²) in [6.07, 6.45) is -6.07. The zero-order valence-electron chi connectivity index (χ0n) is 17.6. The lowest BCUT2D eigenvalue weighted by Gasteiger charge is -2.27. The highest BCUT2D eigenvalue weighted by Gasteiger charge is 2.40. The van der Waals surface area contributed by atoms with Crippen LogP contribution in [0.1, 0.15) is 69.9 Å². The van der Waals surface area contributed by atoms with E-state index < -0.39 is 12.3 Å². The van der Waals surface area contributed by atoms with Gasteiger partial charge in [0, 0.05) is 22.9 Å². The Bertz CT molecular complexity index is 904. The van der Waals surface area contributed by atoms with E-state index in [9.17, 15) is 23.4 Å². The molecule has 0 aliphatic rings. The molecule has 3 nitrogen and oxygen atoms in total. The molecule has 0 saturated carbocycles. The summed E-state index contributed by atoms with van der Waals surface area (Å²) in [7, 11) is 0. The number of halogens is 3. The van der Waals surface area contributed by atoms with Crippen molar-refractivity contribution in [3.63, 3.8) is 0 Å². The van der Waals surface area contributed by atoms with Gasteiger partial charge >= 0.3 is 6.18 Å². The first-order chi connectivity index (χ1) is 13.1. The number of nitrogens with zero attached hydrogens (tertiary/aromatic N) is 1. The number of aliphatic hydroxyl groups excluding tert-OH is 1. The van der Waals surface area contributed by atoms with Crippen LogP contribution in [0.3, 0.4) is 0 Å². The third-order valence-corrected chi connectivity index (χ3v) is 4.70. The summed E-state index contributed by atoms with van der Waals surface area (Å²) >= 11 is 0. The Labute approximate surface area is 169 Å². The highest BCUT2D eigenvalue weighted by molar-refractivity contribution is 5.87. The number of alkyl halides is 3. The Kier molecular flexibility index (Phi) is 6.19. The molecule has 0 spiro atoms. The van der Waals surface area contributed by atoms with Gasteiger partial charge in [-0.05, 0) is 28.5 Å². The van der Waals surface area contributed by atoms with Crippen molar-refractivity contribution >= 4 is 11.9 Å². The molecule has 0 bridgehead atoms. The molecular formula is C23H28F3NO2. The van der Waals surface area contributed by atoms with Crippen LogP contribution < -0.4 is 0 Å². The van der Waals surface area contributed by atoms with E-state index in [1.807, 2.05) is 47.6 Å². The van der Waals surface area contributed by atoms with Crippen molar-refractivity contribution < 1.29 is 23.4 Å². The number of hydrogen-bond acceptors (Lipinski definition) is 3. The van der Waals surface area contributed by atoms with E-state index in [2.05, 4.69) is 4.99 Å². The molecule has 6 heteroatoms. The zero-order valence-corrected chi connectivity index (χ0v) is 17.6. The summed E-state index contributed by atoms with van der Waals surface area (Å²) in [5.41, 5.74) is 1.26. The lowest BCUT2D eigenvalue weighted by molar-refractivity contribution is -0.206. The van der Waals surface area contributed by atoms with Gasteiger partial charge < -0.3 is 10.2 Å². The molecular weight excluding hydrogens is 379 g/mol. The number of aliphatic imine (C=N–C) groups is 1. The lowest BCUT2D eigenvalue weighted by atomic mass is 9.79. The molecule has 0 saturated heterocycles. The molecule has 0 aromatic heterocycles. The first kappa shape index (κ1) is 22.9. The molecule has 2 N–H and O–H groups in total. The largest absolute Gasteiger partial charge is 0.507 e. The molecule has 2 aromatic rings. The number of phenolic OH excluding ortho intramolecular Hbond substituents is 1. The number of aromatic hydroxyl groups is 1. The van der Waals surface area contributed by atoms with Crippen LogP contribution in [-0.4, -0.2) is 22.6 Å². The van der Waals surface area contributed by atoms with Gasteiger partial charge in [-0.1, -0.05) is 65.8 Å². The Morgan fingerprint density at radius 1 is 0.931 bits per heavy atom. The summed E-state index contributed by atoms with van der Waals surface area (Å²) in [6, 6.07) is 9.29. The maximum atomic E-state index is 13.0. The second kappa shape index (κ2) is 7.82. The third kappa shape index (κ3) is 5.38. The summed E-state index contributed by atoms with van der Waals surface area (Å²) in [6.45, 7) is 12.1. The fourth-order valence-electron chi connectivity index (χ4n) is 2.91. The number of rotatable bonds is 3. The van der Waals surface area contributed by atoms with Gasteiger partial charge in [0.15, 0.2) is 6.10 Å². The number of benzene rings is 2. The van der Waals surface area contributed by atoms with Crippen molar-refractivity contribution in [3.05, 3.63) is 58.7 Å². The summed E-state index contributed by atoms with van der Waals surface area (Å²) in [4.78, 5) is 4.17. The molecule has 2 aromatic carbocycles. The first-order valence-electron chi connectivity index (χ1n) is 9.38. The van der Waals surface area contributed by atoms with E-state index in [1.54, 1.807) is 12.1 Å². The molecule has 2 rings (SSSR count). The van der Waals surface area contributed by atoms with Crippen molar-refractivity contribution in [2.75, 3.05) is 0 Å². The van der Waals surface area contributed by atoms with Crippen LogP contribution in [0.15, 0.2) is 41.4 Å². The molecule has 158 valence electrons. The monoisotopic (exact) mass is 407 g/mol. The first-order valence-corrected chi connectivity index (χ1v) is 9.38. The van der Waals surface area contributed by atoms with Crippen LogP contribution in [0.25, 0.3) is 0 Å². The number of hydrogen-bond donors (Lipinski definition) is 2. The van der Waals surface area contributed by atoms with Crippen LogP contribution in [0.2, 0.25) is 0 Å². The average Bonchev–Trinajstić information content (AvgIpc) is 2.57. The van der Waals surface area contributed by atoms with Crippen LogP contribution in [-0.2, 0) is 10.8 Å². The van der Waals surface area contributed by atoms with Crippen LogP contribution in [0.4, 0.5) is 18.9 Å². The number of phenols is 1.